The van der Waals surface area contributed by atoms with Crippen molar-refractivity contribution >= 4 is 27.1 Å². The van der Waals surface area contributed by atoms with Gasteiger partial charge >= 0.3 is 0 Å². The third-order valence-electron chi connectivity index (χ3n) is 5.05. The quantitative estimate of drug-likeness (QED) is 0.516. The van der Waals surface area contributed by atoms with E-state index >= 15 is 0 Å². The summed E-state index contributed by atoms with van der Waals surface area (Å²) < 4.78 is 24.1. The van der Waals surface area contributed by atoms with Crippen LogP contribution >= 0.6 is 0 Å². The van der Waals surface area contributed by atoms with Crippen LogP contribution in [0.4, 0.5) is 11.4 Å². The number of nitro groups is 1. The van der Waals surface area contributed by atoms with Gasteiger partial charge in [-0.25, -0.2) is 8.42 Å². The Balaban J connectivity index is 1.53. The van der Waals surface area contributed by atoms with Gasteiger partial charge in [0.1, 0.15) is 5.69 Å². The SMILES string of the molecule is O=C(CCNc1ccccc1[N+](=O)[O-])NC1CS(=O)(=O)CC1N1CCCC1. The Kier molecular flexibility index (Phi) is 5.95. The van der Waals surface area contributed by atoms with E-state index in [4.69, 9.17) is 0 Å². The zero-order valence-corrected chi connectivity index (χ0v) is 15.8. The predicted molar refractivity (Wildman–Crippen MR) is 101 cm³/mol. The second-order valence-corrected chi connectivity index (χ2v) is 9.17. The highest BCUT2D eigenvalue weighted by Crippen LogP contribution is 2.24. The zero-order chi connectivity index (χ0) is 19.4. The van der Waals surface area contributed by atoms with Crippen molar-refractivity contribution in [2.24, 2.45) is 0 Å². The Morgan fingerprint density at radius 2 is 1.93 bits per heavy atom. The van der Waals surface area contributed by atoms with Crippen LogP contribution in [0.15, 0.2) is 24.3 Å². The fourth-order valence-electron chi connectivity index (χ4n) is 3.77. The number of nitrogens with zero attached hydrogens (tertiary/aromatic N) is 2. The highest BCUT2D eigenvalue weighted by molar-refractivity contribution is 7.91. The van der Waals surface area contributed by atoms with E-state index in [1.165, 1.54) is 6.07 Å². The summed E-state index contributed by atoms with van der Waals surface area (Å²) in [6.07, 6.45) is 2.21. The molecule has 2 fully saturated rings. The molecule has 1 aromatic rings. The third-order valence-corrected chi connectivity index (χ3v) is 6.76. The molecule has 0 bridgehead atoms. The smallest absolute Gasteiger partial charge is 0.292 e. The summed E-state index contributed by atoms with van der Waals surface area (Å²) in [7, 11) is -3.15. The monoisotopic (exact) mass is 396 g/mol. The summed E-state index contributed by atoms with van der Waals surface area (Å²) in [4.78, 5) is 25.0. The Labute approximate surface area is 158 Å². The maximum absolute atomic E-state index is 12.3. The average Bonchev–Trinajstić information content (AvgIpc) is 3.22. The van der Waals surface area contributed by atoms with E-state index in [1.807, 2.05) is 0 Å². The lowest BCUT2D eigenvalue weighted by atomic mass is 10.1. The molecule has 3 rings (SSSR count). The molecule has 2 N–H and O–H groups in total. The molecule has 2 aliphatic heterocycles. The molecule has 0 radical (unpaired) electrons. The highest BCUT2D eigenvalue weighted by Gasteiger charge is 2.42. The molecule has 0 aromatic heterocycles. The van der Waals surface area contributed by atoms with Crippen molar-refractivity contribution in [2.75, 3.05) is 36.5 Å². The van der Waals surface area contributed by atoms with Gasteiger partial charge in [-0.2, -0.15) is 0 Å². The average molecular weight is 396 g/mol. The van der Waals surface area contributed by atoms with Crippen molar-refractivity contribution in [3.05, 3.63) is 34.4 Å². The van der Waals surface area contributed by atoms with Crippen LogP contribution < -0.4 is 10.6 Å². The first-order valence-electron chi connectivity index (χ1n) is 9.07. The third kappa shape index (κ3) is 4.95. The van der Waals surface area contributed by atoms with E-state index in [2.05, 4.69) is 15.5 Å². The topological polar surface area (TPSA) is 122 Å². The summed E-state index contributed by atoms with van der Waals surface area (Å²) in [6, 6.07) is 5.68. The Bertz CT molecular complexity index is 807. The van der Waals surface area contributed by atoms with Crippen LogP contribution in [-0.4, -0.2) is 67.4 Å². The number of likely N-dealkylation sites (tertiary alicyclic amines) is 1. The first-order valence-corrected chi connectivity index (χ1v) is 10.9. The van der Waals surface area contributed by atoms with Crippen LogP contribution in [0, 0.1) is 10.1 Å². The minimum absolute atomic E-state index is 0.0303. The molecule has 148 valence electrons. The fraction of sp³-hybridized carbons (Fsp3) is 0.588. The van der Waals surface area contributed by atoms with Gasteiger partial charge in [0.2, 0.25) is 5.91 Å². The summed E-state index contributed by atoms with van der Waals surface area (Å²) in [6.45, 7) is 1.96. The number of anilines is 1. The van der Waals surface area contributed by atoms with Crippen molar-refractivity contribution in [3.8, 4) is 0 Å². The van der Waals surface area contributed by atoms with Crippen LogP contribution in [0.1, 0.15) is 19.3 Å². The minimum atomic E-state index is -3.15. The molecule has 0 aliphatic carbocycles. The Morgan fingerprint density at radius 3 is 2.63 bits per heavy atom. The van der Waals surface area contributed by atoms with E-state index in [0.29, 0.717) is 5.69 Å². The maximum Gasteiger partial charge on any atom is 0.292 e. The standard InChI is InChI=1S/C17H24N4O5S/c22-17(7-8-18-13-5-1-2-6-15(13)21(23)24)19-14-11-27(25,26)12-16(14)20-9-3-4-10-20/h1-2,5-6,14,16,18H,3-4,7-12H2,(H,19,22). The van der Waals surface area contributed by atoms with Crippen molar-refractivity contribution in [1.82, 2.24) is 10.2 Å². The van der Waals surface area contributed by atoms with Crippen LogP contribution in [0.25, 0.3) is 0 Å². The zero-order valence-electron chi connectivity index (χ0n) is 15.0. The molecule has 0 saturated carbocycles. The molecular formula is C17H24N4O5S. The van der Waals surface area contributed by atoms with Gasteiger partial charge in [0.25, 0.3) is 5.69 Å². The molecule has 2 unspecified atom stereocenters. The van der Waals surface area contributed by atoms with Crippen LogP contribution in [0.2, 0.25) is 0 Å². The Morgan fingerprint density at radius 1 is 1.22 bits per heavy atom. The van der Waals surface area contributed by atoms with Crippen LogP contribution in [0.3, 0.4) is 0 Å². The number of para-hydroxylation sites is 2. The van der Waals surface area contributed by atoms with Gasteiger partial charge < -0.3 is 10.6 Å². The first kappa shape index (κ1) is 19.6. The number of hydrogen-bond donors (Lipinski definition) is 2. The molecule has 2 heterocycles. The number of carbonyl (C=O) groups is 1. The van der Waals surface area contributed by atoms with Crippen molar-refractivity contribution < 1.29 is 18.1 Å². The second-order valence-electron chi connectivity index (χ2n) is 7.01. The maximum atomic E-state index is 12.3. The van der Waals surface area contributed by atoms with Crippen LogP contribution in [0.5, 0.6) is 0 Å². The number of sulfone groups is 1. The molecule has 1 aromatic carbocycles. The molecule has 10 heteroatoms. The van der Waals surface area contributed by atoms with Crippen molar-refractivity contribution in [2.45, 2.75) is 31.3 Å². The summed E-state index contributed by atoms with van der Waals surface area (Å²) in [5.41, 5.74) is 0.308. The number of hydrogen-bond acceptors (Lipinski definition) is 7. The number of rotatable bonds is 7. The van der Waals surface area contributed by atoms with Gasteiger partial charge in [0.05, 0.1) is 22.5 Å². The summed E-state index contributed by atoms with van der Waals surface area (Å²) in [5, 5.41) is 16.7. The molecular weight excluding hydrogens is 372 g/mol. The van der Waals surface area contributed by atoms with E-state index < -0.39 is 20.8 Å². The van der Waals surface area contributed by atoms with Gasteiger partial charge in [-0.1, -0.05) is 12.1 Å². The van der Waals surface area contributed by atoms with Crippen molar-refractivity contribution in [3.63, 3.8) is 0 Å². The highest BCUT2D eigenvalue weighted by atomic mass is 32.2. The second kappa shape index (κ2) is 8.22. The molecule has 2 saturated heterocycles. The van der Waals surface area contributed by atoms with E-state index in [-0.39, 0.29) is 42.1 Å². The summed E-state index contributed by atoms with van der Waals surface area (Å²) in [5.74, 6) is -0.198. The molecule has 9 nitrogen and oxygen atoms in total. The van der Waals surface area contributed by atoms with Gasteiger partial charge in [0.15, 0.2) is 9.84 Å². The first-order chi connectivity index (χ1) is 12.9. The lowest BCUT2D eigenvalue weighted by Gasteiger charge is -2.28. The summed E-state index contributed by atoms with van der Waals surface area (Å²) >= 11 is 0. The Hall–Kier alpha value is -2.20. The predicted octanol–water partition coefficient (Wildman–Crippen LogP) is 0.774. The largest absolute Gasteiger partial charge is 0.379 e. The minimum Gasteiger partial charge on any atom is -0.379 e. The number of nitro benzene ring substituents is 1. The van der Waals surface area contributed by atoms with Crippen LogP contribution in [-0.2, 0) is 14.6 Å². The lowest BCUT2D eigenvalue weighted by molar-refractivity contribution is -0.384. The van der Waals surface area contributed by atoms with E-state index in [1.54, 1.807) is 18.2 Å². The number of benzene rings is 1. The van der Waals surface area contributed by atoms with Gasteiger partial charge in [0, 0.05) is 25.1 Å². The van der Waals surface area contributed by atoms with Crippen molar-refractivity contribution in [1.29, 1.82) is 0 Å². The number of nitrogens with one attached hydrogen (secondary N) is 2. The molecule has 2 atom stereocenters. The van der Waals surface area contributed by atoms with E-state index in [0.717, 1.165) is 25.9 Å². The lowest BCUT2D eigenvalue weighted by Crippen LogP contribution is -2.50. The molecule has 0 spiro atoms. The van der Waals surface area contributed by atoms with Gasteiger partial charge in [-0.05, 0) is 32.0 Å². The molecule has 1 amide bonds. The van der Waals surface area contributed by atoms with Gasteiger partial charge in [-0.3, -0.25) is 19.8 Å². The van der Waals surface area contributed by atoms with E-state index in [9.17, 15) is 23.3 Å². The normalized spacial score (nSPS) is 24.6. The van der Waals surface area contributed by atoms with Gasteiger partial charge in [-0.15, -0.1) is 0 Å². The fourth-order valence-corrected chi connectivity index (χ4v) is 5.72. The number of carbonyl (C=O) groups excluding carboxylic acids is 1. The molecule has 2 aliphatic rings. The number of amides is 1. The molecule has 27 heavy (non-hydrogen) atoms.